The number of nitro groups is 1. The van der Waals surface area contributed by atoms with Crippen molar-refractivity contribution in [3.05, 3.63) is 64.0 Å². The zero-order valence-corrected chi connectivity index (χ0v) is 12.6. The number of carbonyl (C=O) groups is 1. The number of methoxy groups -OCH3 is 1. The van der Waals surface area contributed by atoms with Crippen molar-refractivity contribution in [2.75, 3.05) is 12.4 Å². The number of anilines is 1. The van der Waals surface area contributed by atoms with Crippen molar-refractivity contribution in [2.45, 2.75) is 0 Å². The standard InChI is InChI=1S/C16H12N4O4/c1-24-13-2-3-14(15(9-13)20(22)23)19-16(21)12(10-17)8-11-4-6-18-7-5-11/h2-9H,1H3,(H,19,21)/b12-8+. The second-order valence-corrected chi connectivity index (χ2v) is 4.54. The molecule has 1 amide bonds. The number of nitrogens with one attached hydrogen (secondary N) is 1. The summed E-state index contributed by atoms with van der Waals surface area (Å²) in [7, 11) is 1.38. The third-order valence-corrected chi connectivity index (χ3v) is 3.03. The third kappa shape index (κ3) is 3.92. The van der Waals surface area contributed by atoms with Gasteiger partial charge in [0, 0.05) is 12.4 Å². The Morgan fingerprint density at radius 1 is 1.38 bits per heavy atom. The predicted molar refractivity (Wildman–Crippen MR) is 86.1 cm³/mol. The Morgan fingerprint density at radius 3 is 2.67 bits per heavy atom. The van der Waals surface area contributed by atoms with Crippen LogP contribution in [-0.2, 0) is 4.79 Å². The van der Waals surface area contributed by atoms with E-state index >= 15 is 0 Å². The minimum absolute atomic E-state index is 0.0262. The van der Waals surface area contributed by atoms with Crippen LogP contribution in [0.2, 0.25) is 0 Å². The Labute approximate surface area is 137 Å². The second kappa shape index (κ2) is 7.51. The van der Waals surface area contributed by atoms with E-state index in [0.717, 1.165) is 0 Å². The molecule has 0 spiro atoms. The van der Waals surface area contributed by atoms with Crippen molar-refractivity contribution in [3.8, 4) is 11.8 Å². The first-order valence-corrected chi connectivity index (χ1v) is 6.70. The number of hydrogen-bond donors (Lipinski definition) is 1. The number of nitro benzene ring substituents is 1. The lowest BCUT2D eigenvalue weighted by Crippen LogP contribution is -2.14. The number of carbonyl (C=O) groups excluding carboxylic acids is 1. The number of pyridine rings is 1. The van der Waals surface area contributed by atoms with E-state index in [2.05, 4.69) is 10.3 Å². The summed E-state index contributed by atoms with van der Waals surface area (Å²) in [5.41, 5.74) is 0.0674. The van der Waals surface area contributed by atoms with Crippen molar-refractivity contribution in [1.82, 2.24) is 4.98 Å². The molecule has 0 atom stereocenters. The number of ether oxygens (including phenoxy) is 1. The van der Waals surface area contributed by atoms with Crippen LogP contribution in [0, 0.1) is 21.4 Å². The van der Waals surface area contributed by atoms with E-state index < -0.39 is 10.8 Å². The van der Waals surface area contributed by atoms with Gasteiger partial charge in [-0.1, -0.05) is 0 Å². The summed E-state index contributed by atoms with van der Waals surface area (Å²) in [4.78, 5) is 26.5. The molecule has 1 aromatic heterocycles. The molecule has 2 rings (SSSR count). The van der Waals surface area contributed by atoms with E-state index in [1.165, 1.54) is 43.8 Å². The highest BCUT2D eigenvalue weighted by Crippen LogP contribution is 2.29. The molecule has 1 aromatic carbocycles. The number of nitrogens with zero attached hydrogens (tertiary/aromatic N) is 3. The lowest BCUT2D eigenvalue weighted by Gasteiger charge is -2.07. The van der Waals surface area contributed by atoms with Gasteiger partial charge in [-0.3, -0.25) is 19.9 Å². The average Bonchev–Trinajstić information content (AvgIpc) is 2.60. The van der Waals surface area contributed by atoms with Crippen LogP contribution in [0.4, 0.5) is 11.4 Å². The Kier molecular flexibility index (Phi) is 5.20. The van der Waals surface area contributed by atoms with Gasteiger partial charge in [0.1, 0.15) is 23.1 Å². The Bertz CT molecular complexity index is 841. The molecule has 8 heteroatoms. The Balaban J connectivity index is 2.30. The first-order valence-electron chi connectivity index (χ1n) is 6.70. The first kappa shape index (κ1) is 16.6. The second-order valence-electron chi connectivity index (χ2n) is 4.54. The number of nitriles is 1. The maximum atomic E-state index is 12.2. The molecule has 0 saturated heterocycles. The minimum Gasteiger partial charge on any atom is -0.496 e. The van der Waals surface area contributed by atoms with Gasteiger partial charge in [0.2, 0.25) is 0 Å². The molecule has 0 fully saturated rings. The van der Waals surface area contributed by atoms with Crippen LogP contribution >= 0.6 is 0 Å². The zero-order chi connectivity index (χ0) is 17.5. The molecule has 0 radical (unpaired) electrons. The average molecular weight is 324 g/mol. The molecule has 0 aliphatic carbocycles. The van der Waals surface area contributed by atoms with Crippen molar-refractivity contribution in [1.29, 1.82) is 5.26 Å². The summed E-state index contributed by atoms with van der Waals surface area (Å²) in [6.45, 7) is 0. The lowest BCUT2D eigenvalue weighted by atomic mass is 10.1. The topological polar surface area (TPSA) is 118 Å². The lowest BCUT2D eigenvalue weighted by molar-refractivity contribution is -0.384. The molecule has 120 valence electrons. The molecule has 1 heterocycles. The fourth-order valence-corrected chi connectivity index (χ4v) is 1.86. The van der Waals surface area contributed by atoms with Gasteiger partial charge >= 0.3 is 0 Å². The van der Waals surface area contributed by atoms with Gasteiger partial charge in [-0.25, -0.2) is 0 Å². The third-order valence-electron chi connectivity index (χ3n) is 3.03. The number of hydrogen-bond acceptors (Lipinski definition) is 6. The van der Waals surface area contributed by atoms with Crippen molar-refractivity contribution >= 4 is 23.4 Å². The maximum Gasteiger partial charge on any atom is 0.296 e. The number of benzene rings is 1. The number of rotatable bonds is 5. The normalized spacial score (nSPS) is 10.6. The Morgan fingerprint density at radius 2 is 2.08 bits per heavy atom. The molecule has 8 nitrogen and oxygen atoms in total. The summed E-state index contributed by atoms with van der Waals surface area (Å²) >= 11 is 0. The van der Waals surface area contributed by atoms with Crippen LogP contribution in [0.3, 0.4) is 0 Å². The van der Waals surface area contributed by atoms with Gasteiger partial charge in [-0.2, -0.15) is 5.26 Å². The highest BCUT2D eigenvalue weighted by atomic mass is 16.6. The first-order chi connectivity index (χ1) is 11.5. The van der Waals surface area contributed by atoms with Gasteiger partial charge in [0.15, 0.2) is 0 Å². The molecular weight excluding hydrogens is 312 g/mol. The molecular formula is C16H12N4O4. The van der Waals surface area contributed by atoms with Gasteiger partial charge in [-0.05, 0) is 35.9 Å². The van der Waals surface area contributed by atoms with Crippen LogP contribution in [0.1, 0.15) is 5.56 Å². The highest BCUT2D eigenvalue weighted by molar-refractivity contribution is 6.10. The SMILES string of the molecule is COc1ccc(NC(=O)/C(C#N)=C/c2ccncc2)c([N+](=O)[O-])c1. The molecule has 24 heavy (non-hydrogen) atoms. The summed E-state index contributed by atoms with van der Waals surface area (Å²) in [6, 6.07) is 9.03. The van der Waals surface area contributed by atoms with Crippen LogP contribution < -0.4 is 10.1 Å². The van der Waals surface area contributed by atoms with Gasteiger partial charge < -0.3 is 10.1 Å². The van der Waals surface area contributed by atoms with Gasteiger partial charge in [0.05, 0.1) is 18.1 Å². The summed E-state index contributed by atoms with van der Waals surface area (Å²) < 4.78 is 4.93. The van der Waals surface area contributed by atoms with Crippen LogP contribution in [0.5, 0.6) is 5.75 Å². The summed E-state index contributed by atoms with van der Waals surface area (Å²) in [5, 5.41) is 22.6. The van der Waals surface area contributed by atoms with E-state index in [1.807, 2.05) is 0 Å². The molecule has 2 aromatic rings. The monoisotopic (exact) mass is 324 g/mol. The summed E-state index contributed by atoms with van der Waals surface area (Å²) in [6.07, 6.45) is 4.41. The summed E-state index contributed by atoms with van der Waals surface area (Å²) in [5.74, 6) is -0.463. The van der Waals surface area contributed by atoms with E-state index in [1.54, 1.807) is 18.2 Å². The predicted octanol–water partition coefficient (Wildman–Crippen LogP) is 2.54. The quantitative estimate of drug-likeness (QED) is 0.391. The molecule has 0 unspecified atom stereocenters. The van der Waals surface area contributed by atoms with Gasteiger partial charge in [-0.15, -0.1) is 0 Å². The largest absolute Gasteiger partial charge is 0.496 e. The minimum atomic E-state index is -0.748. The van der Waals surface area contributed by atoms with E-state index in [9.17, 15) is 14.9 Å². The van der Waals surface area contributed by atoms with Crippen molar-refractivity contribution in [3.63, 3.8) is 0 Å². The molecule has 0 aliphatic rings. The molecule has 0 bridgehead atoms. The molecule has 0 saturated carbocycles. The van der Waals surface area contributed by atoms with Crippen LogP contribution in [0.15, 0.2) is 48.3 Å². The van der Waals surface area contributed by atoms with Crippen LogP contribution in [0.25, 0.3) is 6.08 Å². The highest BCUT2D eigenvalue weighted by Gasteiger charge is 2.19. The molecule has 0 aliphatic heterocycles. The van der Waals surface area contributed by atoms with Crippen molar-refractivity contribution < 1.29 is 14.5 Å². The zero-order valence-electron chi connectivity index (χ0n) is 12.6. The Hall–Kier alpha value is -3.73. The van der Waals surface area contributed by atoms with Gasteiger partial charge in [0.25, 0.3) is 11.6 Å². The van der Waals surface area contributed by atoms with Crippen LogP contribution in [-0.4, -0.2) is 22.9 Å². The maximum absolute atomic E-state index is 12.2. The molecule has 1 N–H and O–H groups in total. The van der Waals surface area contributed by atoms with Crippen molar-refractivity contribution in [2.24, 2.45) is 0 Å². The number of aromatic nitrogens is 1. The van der Waals surface area contributed by atoms with E-state index in [0.29, 0.717) is 5.56 Å². The fraction of sp³-hybridized carbons (Fsp3) is 0.0625. The fourth-order valence-electron chi connectivity index (χ4n) is 1.86. The number of amides is 1. The van der Waals surface area contributed by atoms with E-state index in [-0.39, 0.29) is 22.7 Å². The van der Waals surface area contributed by atoms with E-state index in [4.69, 9.17) is 10.00 Å². The smallest absolute Gasteiger partial charge is 0.296 e.